The lowest BCUT2D eigenvalue weighted by Crippen LogP contribution is -2.27. The zero-order valence-corrected chi connectivity index (χ0v) is 15.6. The number of nitrogens with zero attached hydrogens (tertiary/aromatic N) is 2. The van der Waals surface area contributed by atoms with Crippen LogP contribution >= 0.6 is 22.9 Å². The number of thiophene rings is 1. The van der Waals surface area contributed by atoms with Crippen LogP contribution in [0.25, 0.3) is 10.7 Å². The van der Waals surface area contributed by atoms with Crippen molar-refractivity contribution < 1.29 is 14.1 Å². The molecule has 0 aliphatic heterocycles. The minimum absolute atomic E-state index is 0.0299. The zero-order chi connectivity index (χ0) is 18.2. The second-order valence-corrected chi connectivity index (χ2v) is 6.88. The monoisotopic (exact) mass is 391 g/mol. The van der Waals surface area contributed by atoms with Crippen LogP contribution in [0, 0.1) is 0 Å². The van der Waals surface area contributed by atoms with E-state index in [9.17, 15) is 4.79 Å². The third-order valence-electron chi connectivity index (χ3n) is 3.49. The second kappa shape index (κ2) is 9.35. The van der Waals surface area contributed by atoms with Crippen LogP contribution in [0.3, 0.4) is 0 Å². The highest BCUT2D eigenvalue weighted by Crippen LogP contribution is 2.21. The van der Waals surface area contributed by atoms with Crippen LogP contribution in [0.5, 0.6) is 5.75 Å². The first kappa shape index (κ1) is 18.4. The van der Waals surface area contributed by atoms with Crippen LogP contribution in [0.2, 0.25) is 5.02 Å². The smallest absolute Gasteiger partial charge is 0.226 e. The highest BCUT2D eigenvalue weighted by molar-refractivity contribution is 7.13. The Labute approximate surface area is 160 Å². The first-order valence-electron chi connectivity index (χ1n) is 8.22. The van der Waals surface area contributed by atoms with E-state index in [1.54, 1.807) is 23.5 Å². The first-order valence-corrected chi connectivity index (χ1v) is 9.48. The third-order valence-corrected chi connectivity index (χ3v) is 4.59. The number of hydrogen-bond donors (Lipinski definition) is 1. The Morgan fingerprint density at radius 3 is 3.04 bits per heavy atom. The number of aryl methyl sites for hydroxylation is 1. The van der Waals surface area contributed by atoms with Crippen molar-refractivity contribution in [2.24, 2.45) is 0 Å². The van der Waals surface area contributed by atoms with Crippen molar-refractivity contribution in [3.8, 4) is 16.5 Å². The van der Waals surface area contributed by atoms with Crippen molar-refractivity contribution in [3.63, 3.8) is 0 Å². The molecule has 0 saturated heterocycles. The van der Waals surface area contributed by atoms with Crippen LogP contribution in [0.1, 0.15) is 18.7 Å². The van der Waals surface area contributed by atoms with Gasteiger partial charge in [0.05, 0.1) is 11.4 Å². The normalized spacial score (nSPS) is 10.7. The van der Waals surface area contributed by atoms with E-state index in [2.05, 4.69) is 15.5 Å². The highest BCUT2D eigenvalue weighted by atomic mass is 35.5. The van der Waals surface area contributed by atoms with E-state index in [1.807, 2.05) is 29.6 Å². The summed E-state index contributed by atoms with van der Waals surface area (Å²) in [5, 5.41) is 9.35. The van der Waals surface area contributed by atoms with Crippen LogP contribution in [0.15, 0.2) is 46.3 Å². The molecule has 1 aromatic carbocycles. The molecule has 2 aromatic heterocycles. The number of carbonyl (C=O) groups is 1. The average Bonchev–Trinajstić information content (AvgIpc) is 3.30. The molecule has 0 unspecified atom stereocenters. The lowest BCUT2D eigenvalue weighted by Gasteiger charge is -2.07. The molecule has 2 heterocycles. The number of benzene rings is 1. The van der Waals surface area contributed by atoms with Crippen molar-refractivity contribution in [1.29, 1.82) is 0 Å². The van der Waals surface area contributed by atoms with Gasteiger partial charge in [0.2, 0.25) is 17.6 Å². The molecule has 0 bridgehead atoms. The number of amides is 1. The molecule has 0 radical (unpaired) electrons. The minimum atomic E-state index is -0.0299. The summed E-state index contributed by atoms with van der Waals surface area (Å²) in [6.45, 7) is 0.828. The van der Waals surface area contributed by atoms with Crippen LogP contribution in [-0.4, -0.2) is 29.2 Å². The molecular formula is C18H18ClN3O3S. The summed E-state index contributed by atoms with van der Waals surface area (Å²) in [5.74, 6) is 1.80. The Morgan fingerprint density at radius 2 is 2.23 bits per heavy atom. The fraction of sp³-hybridized carbons (Fsp3) is 0.278. The molecule has 3 rings (SSSR count). The molecule has 0 aliphatic rings. The van der Waals surface area contributed by atoms with Gasteiger partial charge in [-0.25, -0.2) is 0 Å². The van der Waals surface area contributed by atoms with E-state index < -0.39 is 0 Å². The lowest BCUT2D eigenvalue weighted by molar-refractivity contribution is -0.121. The Hall–Kier alpha value is -2.38. The molecule has 8 heteroatoms. The summed E-state index contributed by atoms with van der Waals surface area (Å²) < 4.78 is 10.7. The van der Waals surface area contributed by atoms with Crippen molar-refractivity contribution in [1.82, 2.24) is 15.5 Å². The maximum Gasteiger partial charge on any atom is 0.226 e. The predicted octanol–water partition coefficient (Wildman–Crippen LogP) is 3.97. The Morgan fingerprint density at radius 1 is 1.31 bits per heavy atom. The standard InChI is InChI=1S/C18H18ClN3O3S/c19-13-4-1-5-14(12-13)24-10-9-20-16(23)7-2-8-17-21-18(22-25-17)15-6-3-11-26-15/h1,3-6,11-12H,2,7-10H2,(H,20,23). The number of carbonyl (C=O) groups excluding carboxylic acids is 1. The molecule has 0 atom stereocenters. The van der Waals surface area contributed by atoms with Crippen molar-refractivity contribution in [2.45, 2.75) is 19.3 Å². The lowest BCUT2D eigenvalue weighted by atomic mass is 10.2. The fourth-order valence-corrected chi connectivity index (χ4v) is 3.10. The molecule has 26 heavy (non-hydrogen) atoms. The van der Waals surface area contributed by atoms with Crippen molar-refractivity contribution >= 4 is 28.8 Å². The van der Waals surface area contributed by atoms with E-state index in [0.717, 1.165) is 4.88 Å². The molecule has 0 fully saturated rings. The summed E-state index contributed by atoms with van der Waals surface area (Å²) in [7, 11) is 0. The number of rotatable bonds is 9. The van der Waals surface area contributed by atoms with Gasteiger partial charge in [0.1, 0.15) is 12.4 Å². The summed E-state index contributed by atoms with van der Waals surface area (Å²) in [6.07, 6.45) is 1.62. The Balaban J connectivity index is 1.31. The van der Waals surface area contributed by atoms with Gasteiger partial charge in [0.15, 0.2) is 0 Å². The fourth-order valence-electron chi connectivity index (χ4n) is 2.27. The molecule has 1 amide bonds. The quantitative estimate of drug-likeness (QED) is 0.558. The Kier molecular flexibility index (Phi) is 6.62. The molecule has 0 saturated carbocycles. The molecule has 6 nitrogen and oxygen atoms in total. The summed E-state index contributed by atoms with van der Waals surface area (Å²) in [4.78, 5) is 17.1. The van der Waals surface area contributed by atoms with Crippen LogP contribution in [0.4, 0.5) is 0 Å². The van der Waals surface area contributed by atoms with E-state index in [-0.39, 0.29) is 5.91 Å². The van der Waals surface area contributed by atoms with Gasteiger partial charge < -0.3 is 14.6 Å². The van der Waals surface area contributed by atoms with Crippen LogP contribution < -0.4 is 10.1 Å². The van der Waals surface area contributed by atoms with Gasteiger partial charge in [-0.05, 0) is 36.1 Å². The minimum Gasteiger partial charge on any atom is -0.492 e. The summed E-state index contributed by atoms with van der Waals surface area (Å²) in [6, 6.07) is 11.0. The van der Waals surface area contributed by atoms with Crippen molar-refractivity contribution in [3.05, 3.63) is 52.7 Å². The van der Waals surface area contributed by atoms with Gasteiger partial charge in [0, 0.05) is 17.9 Å². The number of nitrogens with one attached hydrogen (secondary N) is 1. The maximum atomic E-state index is 11.8. The van der Waals surface area contributed by atoms with Gasteiger partial charge in [-0.3, -0.25) is 4.79 Å². The number of hydrogen-bond acceptors (Lipinski definition) is 6. The third kappa shape index (κ3) is 5.57. The zero-order valence-electron chi connectivity index (χ0n) is 14.0. The molecule has 136 valence electrons. The predicted molar refractivity (Wildman–Crippen MR) is 101 cm³/mol. The van der Waals surface area contributed by atoms with Gasteiger partial charge >= 0.3 is 0 Å². The maximum absolute atomic E-state index is 11.8. The largest absolute Gasteiger partial charge is 0.492 e. The summed E-state index contributed by atoms with van der Waals surface area (Å²) in [5.41, 5.74) is 0. The average molecular weight is 392 g/mol. The van der Waals surface area contributed by atoms with Crippen molar-refractivity contribution in [2.75, 3.05) is 13.2 Å². The molecule has 1 N–H and O–H groups in total. The van der Waals surface area contributed by atoms with Gasteiger partial charge in [0.25, 0.3) is 0 Å². The number of ether oxygens (including phenoxy) is 1. The van der Waals surface area contributed by atoms with E-state index in [4.69, 9.17) is 20.9 Å². The van der Waals surface area contributed by atoms with Gasteiger partial charge in [-0.1, -0.05) is 28.9 Å². The second-order valence-electron chi connectivity index (χ2n) is 5.50. The first-order chi connectivity index (χ1) is 12.7. The molecule has 0 aliphatic carbocycles. The van der Waals surface area contributed by atoms with Gasteiger partial charge in [-0.2, -0.15) is 4.98 Å². The molecule has 3 aromatic rings. The van der Waals surface area contributed by atoms with E-state index >= 15 is 0 Å². The SMILES string of the molecule is O=C(CCCc1nc(-c2cccs2)no1)NCCOc1cccc(Cl)c1. The highest BCUT2D eigenvalue weighted by Gasteiger charge is 2.10. The van der Waals surface area contributed by atoms with E-state index in [1.165, 1.54) is 0 Å². The number of aromatic nitrogens is 2. The van der Waals surface area contributed by atoms with Gasteiger partial charge in [-0.15, -0.1) is 11.3 Å². The summed E-state index contributed by atoms with van der Waals surface area (Å²) >= 11 is 7.44. The van der Waals surface area contributed by atoms with Crippen LogP contribution in [-0.2, 0) is 11.2 Å². The Bertz CT molecular complexity index is 836. The topological polar surface area (TPSA) is 77.2 Å². The molecular weight excluding hydrogens is 374 g/mol. The molecule has 0 spiro atoms. The number of halogens is 1. The van der Waals surface area contributed by atoms with E-state index in [0.29, 0.717) is 54.9 Å².